The molecule has 1 atom stereocenters. The second-order valence-corrected chi connectivity index (χ2v) is 6.57. The molecular formula is C19H18ClNO5. The van der Waals surface area contributed by atoms with E-state index in [1.165, 1.54) is 0 Å². The standard InChI is InChI=1S/C19H18ClNO5/c1-21(10-13-11-25-15-4-2-3-5-16(15)26-13)19(22)12-8-14(20)18-17(9-12)23-6-7-24-18/h2-5,8-9,13H,6-7,10-11H2,1H3/t13-/m1/s1. The van der Waals surface area contributed by atoms with Gasteiger partial charge in [-0.05, 0) is 24.3 Å². The Hall–Kier alpha value is -2.60. The van der Waals surface area contributed by atoms with Crippen LogP contribution in [-0.4, -0.2) is 50.3 Å². The average Bonchev–Trinajstić information content (AvgIpc) is 2.67. The van der Waals surface area contributed by atoms with Gasteiger partial charge in [-0.2, -0.15) is 0 Å². The second-order valence-electron chi connectivity index (χ2n) is 6.17. The molecule has 2 aliphatic rings. The Morgan fingerprint density at radius 1 is 1.12 bits per heavy atom. The fourth-order valence-corrected chi connectivity index (χ4v) is 3.26. The summed E-state index contributed by atoms with van der Waals surface area (Å²) in [6.45, 7) is 1.65. The van der Waals surface area contributed by atoms with Crippen LogP contribution in [0.5, 0.6) is 23.0 Å². The van der Waals surface area contributed by atoms with Crippen molar-refractivity contribution in [3.63, 3.8) is 0 Å². The number of rotatable bonds is 3. The van der Waals surface area contributed by atoms with Gasteiger partial charge >= 0.3 is 0 Å². The molecule has 0 fully saturated rings. The number of hydrogen-bond donors (Lipinski definition) is 0. The molecule has 2 aliphatic heterocycles. The summed E-state index contributed by atoms with van der Waals surface area (Å²) in [5, 5.41) is 0.366. The molecule has 136 valence electrons. The fourth-order valence-electron chi connectivity index (χ4n) is 3.00. The molecule has 2 aromatic rings. The van der Waals surface area contributed by atoms with E-state index in [1.54, 1.807) is 24.1 Å². The van der Waals surface area contributed by atoms with Crippen LogP contribution in [0.3, 0.4) is 0 Å². The highest BCUT2D eigenvalue weighted by molar-refractivity contribution is 6.32. The number of ether oxygens (including phenoxy) is 4. The van der Waals surface area contributed by atoms with E-state index in [-0.39, 0.29) is 12.0 Å². The highest BCUT2D eigenvalue weighted by atomic mass is 35.5. The number of carbonyl (C=O) groups excluding carboxylic acids is 1. The van der Waals surface area contributed by atoms with E-state index in [2.05, 4.69) is 0 Å². The minimum Gasteiger partial charge on any atom is -0.486 e. The number of likely N-dealkylation sites (N-methyl/N-ethyl adjacent to an activating group) is 1. The molecular weight excluding hydrogens is 358 g/mol. The maximum absolute atomic E-state index is 12.8. The molecule has 1 amide bonds. The highest BCUT2D eigenvalue weighted by Crippen LogP contribution is 2.38. The number of nitrogens with zero attached hydrogens (tertiary/aromatic N) is 1. The van der Waals surface area contributed by atoms with Gasteiger partial charge in [0.25, 0.3) is 5.91 Å². The second kappa shape index (κ2) is 6.96. The molecule has 7 heteroatoms. The zero-order valence-electron chi connectivity index (χ0n) is 14.2. The Bertz CT molecular complexity index is 841. The Labute approximate surface area is 156 Å². The summed E-state index contributed by atoms with van der Waals surface area (Å²) >= 11 is 6.22. The van der Waals surface area contributed by atoms with E-state index in [4.69, 9.17) is 30.5 Å². The van der Waals surface area contributed by atoms with Crippen molar-refractivity contribution in [2.24, 2.45) is 0 Å². The van der Waals surface area contributed by atoms with Crippen LogP contribution in [0.4, 0.5) is 0 Å². The highest BCUT2D eigenvalue weighted by Gasteiger charge is 2.26. The summed E-state index contributed by atoms with van der Waals surface area (Å²) in [5.41, 5.74) is 0.443. The monoisotopic (exact) mass is 375 g/mol. The first-order chi connectivity index (χ1) is 12.6. The molecule has 0 radical (unpaired) electrons. The van der Waals surface area contributed by atoms with Gasteiger partial charge in [0.15, 0.2) is 29.1 Å². The molecule has 6 nitrogen and oxygen atoms in total. The molecule has 0 aromatic heterocycles. The quantitative estimate of drug-likeness (QED) is 0.825. The maximum Gasteiger partial charge on any atom is 0.253 e. The van der Waals surface area contributed by atoms with E-state index in [1.807, 2.05) is 24.3 Å². The lowest BCUT2D eigenvalue weighted by atomic mass is 10.1. The largest absolute Gasteiger partial charge is 0.486 e. The third kappa shape index (κ3) is 3.24. The van der Waals surface area contributed by atoms with Crippen molar-refractivity contribution in [3.8, 4) is 23.0 Å². The Balaban J connectivity index is 1.46. The molecule has 0 saturated heterocycles. The summed E-state index contributed by atoms with van der Waals surface area (Å²) in [7, 11) is 1.72. The number of para-hydroxylation sites is 2. The molecule has 2 aromatic carbocycles. The van der Waals surface area contributed by atoms with Crippen LogP contribution in [0, 0.1) is 0 Å². The van der Waals surface area contributed by atoms with Crippen LogP contribution in [0.2, 0.25) is 5.02 Å². The van der Waals surface area contributed by atoms with Crippen molar-refractivity contribution >= 4 is 17.5 Å². The van der Waals surface area contributed by atoms with Crippen LogP contribution in [0.1, 0.15) is 10.4 Å². The number of carbonyl (C=O) groups is 1. The van der Waals surface area contributed by atoms with Gasteiger partial charge in [-0.1, -0.05) is 23.7 Å². The lowest BCUT2D eigenvalue weighted by Crippen LogP contribution is -2.41. The number of amides is 1. The predicted molar refractivity (Wildman–Crippen MR) is 95.8 cm³/mol. The van der Waals surface area contributed by atoms with Crippen molar-refractivity contribution < 1.29 is 23.7 Å². The van der Waals surface area contributed by atoms with Crippen LogP contribution >= 0.6 is 11.6 Å². The van der Waals surface area contributed by atoms with Crippen LogP contribution in [-0.2, 0) is 0 Å². The van der Waals surface area contributed by atoms with Crippen LogP contribution in [0.15, 0.2) is 36.4 Å². The van der Waals surface area contributed by atoms with Gasteiger partial charge in [0.05, 0.1) is 11.6 Å². The third-order valence-electron chi connectivity index (χ3n) is 4.24. The molecule has 0 bridgehead atoms. The summed E-state index contributed by atoms with van der Waals surface area (Å²) < 4.78 is 22.6. The van der Waals surface area contributed by atoms with Crippen LogP contribution < -0.4 is 18.9 Å². The van der Waals surface area contributed by atoms with Crippen molar-refractivity contribution in [1.29, 1.82) is 0 Å². The number of hydrogen-bond acceptors (Lipinski definition) is 5. The lowest BCUT2D eigenvalue weighted by Gasteiger charge is -2.29. The fraction of sp³-hybridized carbons (Fsp3) is 0.316. The minimum absolute atomic E-state index is 0.175. The van der Waals surface area contributed by atoms with Gasteiger partial charge in [0, 0.05) is 12.6 Å². The van der Waals surface area contributed by atoms with Crippen molar-refractivity contribution in [2.75, 3.05) is 33.4 Å². The summed E-state index contributed by atoms with van der Waals surface area (Å²) in [4.78, 5) is 14.4. The Morgan fingerprint density at radius 2 is 1.88 bits per heavy atom. The first kappa shape index (κ1) is 16.8. The van der Waals surface area contributed by atoms with E-state index in [0.717, 1.165) is 5.75 Å². The topological polar surface area (TPSA) is 57.2 Å². The van der Waals surface area contributed by atoms with Gasteiger partial charge in [-0.25, -0.2) is 0 Å². The maximum atomic E-state index is 12.8. The molecule has 0 spiro atoms. The van der Waals surface area contributed by atoms with Crippen LogP contribution in [0.25, 0.3) is 0 Å². The molecule has 0 aliphatic carbocycles. The molecule has 2 heterocycles. The minimum atomic E-state index is -0.244. The first-order valence-corrected chi connectivity index (χ1v) is 8.72. The van der Waals surface area contributed by atoms with E-state index >= 15 is 0 Å². The smallest absolute Gasteiger partial charge is 0.253 e. The van der Waals surface area contributed by atoms with Gasteiger partial charge in [-0.15, -0.1) is 0 Å². The SMILES string of the molecule is CN(C[C@@H]1COc2ccccc2O1)C(=O)c1cc(Cl)c2c(c1)OCCO2. The zero-order chi connectivity index (χ0) is 18.1. The third-order valence-corrected chi connectivity index (χ3v) is 4.52. The summed E-state index contributed by atoms with van der Waals surface area (Å²) in [5.74, 6) is 2.21. The predicted octanol–water partition coefficient (Wildman–Crippen LogP) is 3.02. The summed E-state index contributed by atoms with van der Waals surface area (Å²) in [6.07, 6.45) is -0.244. The number of halogens is 1. The van der Waals surface area contributed by atoms with E-state index in [0.29, 0.717) is 54.2 Å². The molecule has 0 saturated carbocycles. The van der Waals surface area contributed by atoms with Crippen molar-refractivity contribution in [1.82, 2.24) is 4.90 Å². The molecule has 4 rings (SSSR count). The summed E-state index contributed by atoms with van der Waals surface area (Å²) in [6, 6.07) is 10.7. The van der Waals surface area contributed by atoms with E-state index < -0.39 is 0 Å². The van der Waals surface area contributed by atoms with Gasteiger partial charge in [0.1, 0.15) is 19.8 Å². The molecule has 26 heavy (non-hydrogen) atoms. The van der Waals surface area contributed by atoms with Crippen molar-refractivity contribution in [2.45, 2.75) is 6.10 Å². The van der Waals surface area contributed by atoms with Gasteiger partial charge in [-0.3, -0.25) is 4.79 Å². The number of fused-ring (bicyclic) bond motifs is 2. The van der Waals surface area contributed by atoms with Crippen molar-refractivity contribution in [3.05, 3.63) is 47.0 Å². The van der Waals surface area contributed by atoms with E-state index in [9.17, 15) is 4.79 Å². The van der Waals surface area contributed by atoms with Gasteiger partial charge < -0.3 is 23.8 Å². The average molecular weight is 376 g/mol. The molecule has 0 unspecified atom stereocenters. The first-order valence-electron chi connectivity index (χ1n) is 8.35. The van der Waals surface area contributed by atoms with Gasteiger partial charge in [0.2, 0.25) is 0 Å². The lowest BCUT2D eigenvalue weighted by molar-refractivity contribution is 0.0520. The number of benzene rings is 2. The normalized spacial score (nSPS) is 17.5. The molecule has 0 N–H and O–H groups in total. The Kier molecular flexibility index (Phi) is 4.51. The Morgan fingerprint density at radius 3 is 2.73 bits per heavy atom. The zero-order valence-corrected chi connectivity index (χ0v) is 15.0.